The molecule has 0 radical (unpaired) electrons. The molecule has 3 N–H and O–H groups in total. The lowest BCUT2D eigenvalue weighted by atomic mass is 10.1. The molecular weight excluding hydrogens is 383 g/mol. The van der Waals surface area contributed by atoms with Crippen molar-refractivity contribution in [1.29, 1.82) is 0 Å². The van der Waals surface area contributed by atoms with Gasteiger partial charge in [-0.05, 0) is 17.3 Å². The molecule has 0 bridgehead atoms. The normalized spacial score (nSPS) is 34.0. The number of rotatable bonds is 3. The Labute approximate surface area is 152 Å². The van der Waals surface area contributed by atoms with Crippen LogP contribution in [0.5, 0.6) is 0 Å². The van der Waals surface area contributed by atoms with Crippen molar-refractivity contribution in [2.45, 2.75) is 30.0 Å². The molecule has 2 aliphatic rings. The van der Waals surface area contributed by atoms with Crippen molar-refractivity contribution in [3.05, 3.63) is 38.8 Å². The number of nitroso groups, excluding NO2 is 1. The van der Waals surface area contributed by atoms with E-state index in [1.54, 1.807) is 0 Å². The molecule has 1 aromatic carbocycles. The number of hydrogen-bond donors (Lipinski definition) is 3. The second-order valence-corrected chi connectivity index (χ2v) is 6.67. The Balaban J connectivity index is 2.09. The Morgan fingerprint density at radius 1 is 1.25 bits per heavy atom. The van der Waals surface area contributed by atoms with Crippen LogP contribution in [0.25, 0.3) is 5.57 Å². The number of hydrogen-bond acceptors (Lipinski definition) is 7. The van der Waals surface area contributed by atoms with E-state index in [4.69, 9.17) is 39.5 Å². The van der Waals surface area contributed by atoms with Crippen LogP contribution in [0.1, 0.15) is 5.56 Å². The van der Waals surface area contributed by atoms with Crippen molar-refractivity contribution in [1.82, 2.24) is 0 Å². The Kier molecular flexibility index (Phi) is 5.04. The summed E-state index contributed by atoms with van der Waals surface area (Å²) in [6, 6.07) is 3.06. The molecule has 0 amide bonds. The molecule has 0 spiro atoms. The van der Waals surface area contributed by atoms with E-state index in [1.165, 1.54) is 17.0 Å². The highest BCUT2D eigenvalue weighted by Crippen LogP contribution is 2.48. The molecule has 2 heterocycles. The van der Waals surface area contributed by atoms with Crippen molar-refractivity contribution in [3.8, 4) is 0 Å². The van der Waals surface area contributed by atoms with Crippen molar-refractivity contribution < 1.29 is 20.1 Å². The lowest BCUT2D eigenvalue weighted by Gasteiger charge is -2.31. The summed E-state index contributed by atoms with van der Waals surface area (Å²) in [5.41, 5.74) is 0.436. The lowest BCUT2D eigenvalue weighted by Crippen LogP contribution is -2.46. The molecule has 2 aliphatic heterocycles. The smallest absolute Gasteiger partial charge is 0.161 e. The summed E-state index contributed by atoms with van der Waals surface area (Å²) in [6.07, 6.45) is -3.57. The van der Waals surface area contributed by atoms with E-state index in [-0.39, 0.29) is 10.0 Å². The van der Waals surface area contributed by atoms with E-state index in [2.05, 4.69) is 5.18 Å². The molecule has 3 rings (SSSR count). The van der Waals surface area contributed by atoms with Gasteiger partial charge in [-0.15, -0.1) is 4.91 Å². The summed E-state index contributed by atoms with van der Waals surface area (Å²) in [4.78, 5) is 12.2. The summed E-state index contributed by atoms with van der Waals surface area (Å²) >= 11 is 18.5. The van der Waals surface area contributed by atoms with Crippen molar-refractivity contribution in [2.75, 3.05) is 11.5 Å². The minimum Gasteiger partial charge on any atom is -0.394 e. The van der Waals surface area contributed by atoms with Gasteiger partial charge in [0.25, 0.3) is 0 Å². The number of aliphatic hydroxyl groups excluding tert-OH is 3. The third-order valence-electron chi connectivity index (χ3n) is 4.11. The van der Waals surface area contributed by atoms with Gasteiger partial charge in [-0.1, -0.05) is 34.8 Å². The Morgan fingerprint density at radius 3 is 2.50 bits per heavy atom. The molecule has 5 atom stereocenters. The van der Waals surface area contributed by atoms with Crippen molar-refractivity contribution in [2.24, 2.45) is 5.18 Å². The number of aliphatic hydroxyl groups is 3. The maximum absolute atomic E-state index is 10.7. The summed E-state index contributed by atoms with van der Waals surface area (Å²) in [5.74, 6) is 0. The first-order valence-electron chi connectivity index (χ1n) is 6.97. The van der Waals surface area contributed by atoms with Gasteiger partial charge in [-0.2, -0.15) is 0 Å². The van der Waals surface area contributed by atoms with Gasteiger partial charge in [0.2, 0.25) is 0 Å². The molecule has 24 heavy (non-hydrogen) atoms. The maximum atomic E-state index is 10.7. The van der Waals surface area contributed by atoms with E-state index in [0.29, 0.717) is 16.8 Å². The zero-order valence-corrected chi connectivity index (χ0v) is 14.3. The molecule has 7 nitrogen and oxygen atoms in total. The fraction of sp³-hybridized carbons (Fsp3) is 0.429. The second kappa shape index (κ2) is 6.76. The third kappa shape index (κ3) is 2.70. The van der Waals surface area contributed by atoms with Gasteiger partial charge in [0.15, 0.2) is 6.23 Å². The zero-order chi connectivity index (χ0) is 17.6. The molecule has 1 aromatic rings. The quantitative estimate of drug-likeness (QED) is 0.410. The van der Waals surface area contributed by atoms with Crippen LogP contribution in [0.3, 0.4) is 0 Å². The fourth-order valence-electron chi connectivity index (χ4n) is 2.95. The summed E-state index contributed by atoms with van der Waals surface area (Å²) in [5, 5.41) is 32.7. The van der Waals surface area contributed by atoms with Gasteiger partial charge in [0.05, 0.1) is 22.9 Å². The summed E-state index contributed by atoms with van der Waals surface area (Å²) < 4.78 is 5.52. The van der Waals surface area contributed by atoms with Gasteiger partial charge in [-0.3, -0.25) is 0 Å². The minimum absolute atomic E-state index is 0.247. The maximum Gasteiger partial charge on any atom is 0.161 e. The molecule has 0 saturated carbocycles. The predicted octanol–water partition coefficient (Wildman–Crippen LogP) is 1.92. The van der Waals surface area contributed by atoms with Crippen LogP contribution in [0, 0.1) is 4.91 Å². The molecule has 0 aliphatic carbocycles. The average Bonchev–Trinajstić information content (AvgIpc) is 2.97. The van der Waals surface area contributed by atoms with Crippen LogP contribution < -0.4 is 4.90 Å². The summed E-state index contributed by atoms with van der Waals surface area (Å²) in [7, 11) is 0. The molecular formula is C14H13Cl3N2O5. The van der Waals surface area contributed by atoms with E-state index >= 15 is 0 Å². The summed E-state index contributed by atoms with van der Waals surface area (Å²) in [6.45, 7) is -0.470. The Morgan fingerprint density at radius 2 is 1.92 bits per heavy atom. The molecule has 10 heteroatoms. The largest absolute Gasteiger partial charge is 0.394 e. The number of ether oxygens (including phenoxy) is 1. The van der Waals surface area contributed by atoms with Crippen LogP contribution in [0.15, 0.2) is 23.5 Å². The first-order valence-corrected chi connectivity index (χ1v) is 8.16. The Hall–Kier alpha value is -0.930. The highest BCUT2D eigenvalue weighted by Gasteiger charge is 2.50. The number of anilines is 1. The highest BCUT2D eigenvalue weighted by atomic mass is 35.5. The SMILES string of the molecule is O=NC=C1c2cc(Cl)c(Cl)cc2N([C@@H]2O[C@H](CO)[C@@H](O)[C@H]2O)C1Cl. The standard InChI is InChI=1S/C14H13Cl3N2O5/c15-7-1-5-6(3-18-23)13(17)19(9(5)2-8(7)16)14-12(22)11(21)10(4-20)24-14/h1-3,10-14,20-22H,4H2/t10-,11-,12-,13?,14-/m1/s1. The molecule has 130 valence electrons. The number of fused-ring (bicyclic) bond motifs is 1. The van der Waals surface area contributed by atoms with Crippen molar-refractivity contribution in [3.63, 3.8) is 0 Å². The van der Waals surface area contributed by atoms with Gasteiger partial charge < -0.3 is 25.0 Å². The van der Waals surface area contributed by atoms with Crippen LogP contribution in [-0.2, 0) is 4.74 Å². The second-order valence-electron chi connectivity index (χ2n) is 5.45. The topological polar surface area (TPSA) is 103 Å². The highest BCUT2D eigenvalue weighted by molar-refractivity contribution is 6.42. The van der Waals surface area contributed by atoms with Crippen LogP contribution in [0.4, 0.5) is 5.69 Å². The lowest BCUT2D eigenvalue weighted by molar-refractivity contribution is -0.0221. The third-order valence-corrected chi connectivity index (χ3v) is 5.28. The molecule has 1 saturated heterocycles. The van der Waals surface area contributed by atoms with Crippen LogP contribution in [-0.4, -0.2) is 52.0 Å². The number of halogens is 3. The first-order chi connectivity index (χ1) is 11.4. The van der Waals surface area contributed by atoms with E-state index in [9.17, 15) is 20.2 Å². The Bertz CT molecular complexity index is 701. The first kappa shape index (κ1) is 17.9. The number of alkyl halides is 1. The number of nitrogens with zero attached hydrogens (tertiary/aromatic N) is 2. The van der Waals surface area contributed by atoms with Crippen molar-refractivity contribution >= 4 is 46.1 Å². The monoisotopic (exact) mass is 394 g/mol. The predicted molar refractivity (Wildman–Crippen MR) is 90.1 cm³/mol. The van der Waals surface area contributed by atoms with Gasteiger partial charge in [0, 0.05) is 16.8 Å². The molecule has 1 fully saturated rings. The average molecular weight is 396 g/mol. The van der Waals surface area contributed by atoms with Gasteiger partial charge >= 0.3 is 0 Å². The molecule has 1 unspecified atom stereocenters. The van der Waals surface area contributed by atoms with E-state index in [1.807, 2.05) is 0 Å². The van der Waals surface area contributed by atoms with Gasteiger partial charge in [-0.25, -0.2) is 0 Å². The van der Waals surface area contributed by atoms with Gasteiger partial charge in [0.1, 0.15) is 23.8 Å². The minimum atomic E-state index is -1.32. The number of benzene rings is 1. The fourth-order valence-corrected chi connectivity index (χ4v) is 3.66. The van der Waals surface area contributed by atoms with Crippen LogP contribution in [0.2, 0.25) is 10.0 Å². The zero-order valence-electron chi connectivity index (χ0n) is 12.0. The van der Waals surface area contributed by atoms with E-state index < -0.39 is 36.6 Å². The molecule has 0 aromatic heterocycles. The van der Waals surface area contributed by atoms with E-state index in [0.717, 1.165) is 6.20 Å². The van der Waals surface area contributed by atoms with Crippen LogP contribution >= 0.6 is 34.8 Å².